The SMILES string of the molecule is Cc1onc(-c2ccccc2)c1-c1nnc2n1Cc1ccccc1-2.Cc1onc(-c2ccccc2)c1C(=O)NNC1=NCc2ccccc21. The van der Waals surface area contributed by atoms with Crippen LogP contribution < -0.4 is 10.9 Å². The van der Waals surface area contributed by atoms with E-state index in [1.54, 1.807) is 6.92 Å². The molecule has 9 rings (SSSR count). The summed E-state index contributed by atoms with van der Waals surface area (Å²) in [6.45, 7) is 5.01. The molecule has 5 heterocycles. The zero-order valence-electron chi connectivity index (χ0n) is 26.7. The van der Waals surface area contributed by atoms with Gasteiger partial charge in [0.15, 0.2) is 11.6 Å². The second kappa shape index (κ2) is 12.5. The van der Waals surface area contributed by atoms with Gasteiger partial charge in [-0.05, 0) is 25.0 Å². The van der Waals surface area contributed by atoms with E-state index in [0.717, 1.165) is 63.0 Å². The third kappa shape index (κ3) is 5.46. The van der Waals surface area contributed by atoms with Crippen molar-refractivity contribution in [1.82, 2.24) is 35.9 Å². The number of hydrogen-bond acceptors (Lipinski definition) is 9. The van der Waals surface area contributed by atoms with E-state index in [1.165, 1.54) is 5.56 Å². The van der Waals surface area contributed by atoms with Crippen LogP contribution in [0.15, 0.2) is 123 Å². The Hall–Kier alpha value is -6.62. The lowest BCUT2D eigenvalue weighted by Gasteiger charge is -2.09. The van der Waals surface area contributed by atoms with Gasteiger partial charge in [0.05, 0.1) is 18.7 Å². The van der Waals surface area contributed by atoms with Crippen molar-refractivity contribution in [2.24, 2.45) is 4.99 Å². The molecule has 7 aromatic rings. The van der Waals surface area contributed by atoms with Gasteiger partial charge in [0.2, 0.25) is 0 Å². The Morgan fingerprint density at radius 2 is 1.27 bits per heavy atom. The highest BCUT2D eigenvalue weighted by Crippen LogP contribution is 2.38. The molecule has 0 saturated carbocycles. The first-order chi connectivity index (χ1) is 24.1. The highest BCUT2D eigenvalue weighted by Gasteiger charge is 2.28. The minimum atomic E-state index is -0.315. The summed E-state index contributed by atoms with van der Waals surface area (Å²) in [5, 5.41) is 17.1. The molecule has 0 saturated heterocycles. The van der Waals surface area contributed by atoms with Gasteiger partial charge in [0.25, 0.3) is 5.91 Å². The van der Waals surface area contributed by atoms with E-state index in [-0.39, 0.29) is 5.91 Å². The normalized spacial score (nSPS) is 12.3. The van der Waals surface area contributed by atoms with E-state index in [2.05, 4.69) is 59.1 Å². The summed E-state index contributed by atoms with van der Waals surface area (Å²) in [6.07, 6.45) is 0. The Kier molecular flexibility index (Phi) is 7.61. The van der Waals surface area contributed by atoms with Crippen molar-refractivity contribution >= 4 is 11.7 Å². The minimum Gasteiger partial charge on any atom is -0.360 e. The fourth-order valence-corrected chi connectivity index (χ4v) is 6.17. The molecule has 0 aliphatic carbocycles. The van der Waals surface area contributed by atoms with Gasteiger partial charge in [-0.1, -0.05) is 120 Å². The van der Waals surface area contributed by atoms with Gasteiger partial charge in [-0.15, -0.1) is 10.2 Å². The molecule has 3 aromatic heterocycles. The molecule has 0 bridgehead atoms. The number of aryl methyl sites for hydroxylation is 2. The maximum Gasteiger partial charge on any atom is 0.275 e. The predicted molar refractivity (Wildman–Crippen MR) is 184 cm³/mol. The zero-order valence-corrected chi connectivity index (χ0v) is 26.7. The molecule has 11 heteroatoms. The fraction of sp³-hybridized carbons (Fsp3) is 0.105. The number of carbonyl (C=O) groups excluding carboxylic acids is 1. The maximum atomic E-state index is 12.7. The van der Waals surface area contributed by atoms with Gasteiger partial charge in [0, 0.05) is 22.3 Å². The summed E-state index contributed by atoms with van der Waals surface area (Å²) in [4.78, 5) is 17.1. The second-order valence-corrected chi connectivity index (χ2v) is 11.6. The quantitative estimate of drug-likeness (QED) is 0.200. The Bertz CT molecular complexity index is 2340. The molecule has 2 N–H and O–H groups in total. The van der Waals surface area contributed by atoms with Crippen LogP contribution in [-0.2, 0) is 13.1 Å². The van der Waals surface area contributed by atoms with Crippen molar-refractivity contribution in [3.8, 4) is 45.3 Å². The lowest BCUT2D eigenvalue weighted by Crippen LogP contribution is -2.41. The molecule has 0 radical (unpaired) electrons. The highest BCUT2D eigenvalue weighted by molar-refractivity contribution is 6.05. The number of rotatable bonds is 4. The van der Waals surface area contributed by atoms with Crippen LogP contribution in [0, 0.1) is 13.8 Å². The van der Waals surface area contributed by atoms with Crippen molar-refractivity contribution < 1.29 is 13.8 Å². The number of nitrogens with one attached hydrogen (secondary N) is 2. The predicted octanol–water partition coefficient (Wildman–Crippen LogP) is 6.78. The summed E-state index contributed by atoms with van der Waals surface area (Å²) in [6, 6.07) is 35.7. The Morgan fingerprint density at radius 1 is 0.673 bits per heavy atom. The van der Waals surface area contributed by atoms with Crippen LogP contribution in [-0.4, -0.2) is 36.8 Å². The standard InChI is InChI=1S/C19H16N4O2.C19H14N4O/c1-12-16(17(23-25-12)13-7-3-2-4-8-13)19(24)22-21-18-15-10-6-5-9-14(15)11-20-18;1-12-16(17(22-24-12)13-7-3-2-4-8-13)19-21-20-18-15-10-6-5-9-14(15)11-23(18)19/h2-10H,11H2,1H3,(H,20,21)(H,22,24);2-10H,11H2,1H3. The third-order valence-electron chi connectivity index (χ3n) is 8.58. The van der Waals surface area contributed by atoms with E-state index < -0.39 is 0 Å². The number of aliphatic imine (C=N–C) groups is 1. The topological polar surface area (TPSA) is 136 Å². The number of aromatic nitrogens is 5. The number of amidine groups is 1. The van der Waals surface area contributed by atoms with Gasteiger partial charge in [-0.3, -0.25) is 20.6 Å². The minimum absolute atomic E-state index is 0.315. The Balaban J connectivity index is 0.000000142. The molecule has 0 spiro atoms. The van der Waals surface area contributed by atoms with Crippen LogP contribution in [0.25, 0.3) is 45.3 Å². The van der Waals surface area contributed by atoms with Crippen LogP contribution in [0.1, 0.15) is 38.6 Å². The number of nitrogens with zero attached hydrogens (tertiary/aromatic N) is 6. The average molecular weight is 647 g/mol. The van der Waals surface area contributed by atoms with Crippen molar-refractivity contribution in [2.45, 2.75) is 26.9 Å². The zero-order chi connectivity index (χ0) is 33.3. The number of hydrogen-bond donors (Lipinski definition) is 2. The van der Waals surface area contributed by atoms with Crippen molar-refractivity contribution in [2.75, 3.05) is 0 Å². The molecule has 4 aromatic carbocycles. The van der Waals surface area contributed by atoms with Gasteiger partial charge in [0.1, 0.15) is 34.3 Å². The average Bonchev–Trinajstić information content (AvgIpc) is 3.97. The lowest BCUT2D eigenvalue weighted by atomic mass is 10.1. The summed E-state index contributed by atoms with van der Waals surface area (Å²) in [5.74, 6) is 3.26. The molecule has 11 nitrogen and oxygen atoms in total. The van der Waals surface area contributed by atoms with Crippen LogP contribution in [0.2, 0.25) is 0 Å². The van der Waals surface area contributed by atoms with E-state index >= 15 is 0 Å². The van der Waals surface area contributed by atoms with Gasteiger partial charge in [-0.25, -0.2) is 0 Å². The molecule has 49 heavy (non-hydrogen) atoms. The number of benzene rings is 4. The summed E-state index contributed by atoms with van der Waals surface area (Å²) < 4.78 is 12.8. The molecule has 2 aliphatic heterocycles. The first kappa shape index (κ1) is 29.8. The van der Waals surface area contributed by atoms with Crippen LogP contribution >= 0.6 is 0 Å². The smallest absolute Gasteiger partial charge is 0.275 e. The van der Waals surface area contributed by atoms with E-state index in [0.29, 0.717) is 29.4 Å². The summed E-state index contributed by atoms with van der Waals surface area (Å²) >= 11 is 0. The molecule has 2 aliphatic rings. The van der Waals surface area contributed by atoms with Crippen molar-refractivity contribution in [1.29, 1.82) is 0 Å². The lowest BCUT2D eigenvalue weighted by molar-refractivity contribution is 0.0943. The highest BCUT2D eigenvalue weighted by atomic mass is 16.5. The Labute approximate surface area is 281 Å². The largest absolute Gasteiger partial charge is 0.360 e. The van der Waals surface area contributed by atoms with E-state index in [1.807, 2.05) is 97.9 Å². The number of amides is 1. The Morgan fingerprint density at radius 3 is 2.02 bits per heavy atom. The first-order valence-corrected chi connectivity index (χ1v) is 15.8. The second-order valence-electron chi connectivity index (χ2n) is 11.6. The van der Waals surface area contributed by atoms with E-state index in [4.69, 9.17) is 9.05 Å². The number of hydrazine groups is 1. The van der Waals surface area contributed by atoms with Gasteiger partial charge < -0.3 is 13.6 Å². The summed E-state index contributed by atoms with van der Waals surface area (Å²) in [5.41, 5.74) is 14.6. The molecule has 0 unspecified atom stereocenters. The monoisotopic (exact) mass is 646 g/mol. The third-order valence-corrected chi connectivity index (χ3v) is 8.58. The fourth-order valence-electron chi connectivity index (χ4n) is 6.17. The maximum absolute atomic E-state index is 12.7. The molecule has 0 fully saturated rings. The van der Waals surface area contributed by atoms with Crippen LogP contribution in [0.3, 0.4) is 0 Å². The molecule has 240 valence electrons. The van der Waals surface area contributed by atoms with Crippen LogP contribution in [0.4, 0.5) is 0 Å². The van der Waals surface area contributed by atoms with Gasteiger partial charge >= 0.3 is 0 Å². The molecule has 0 atom stereocenters. The molecule has 1 amide bonds. The number of carbonyl (C=O) groups is 1. The van der Waals surface area contributed by atoms with Crippen LogP contribution in [0.5, 0.6) is 0 Å². The summed E-state index contributed by atoms with van der Waals surface area (Å²) in [7, 11) is 0. The van der Waals surface area contributed by atoms with E-state index in [9.17, 15) is 4.79 Å². The van der Waals surface area contributed by atoms with Crippen molar-refractivity contribution in [3.63, 3.8) is 0 Å². The molecular formula is C38H30N8O3. The molecular weight excluding hydrogens is 616 g/mol. The first-order valence-electron chi connectivity index (χ1n) is 15.8. The van der Waals surface area contributed by atoms with Crippen molar-refractivity contribution in [3.05, 3.63) is 143 Å². The number of fused-ring (bicyclic) bond motifs is 4. The van der Waals surface area contributed by atoms with Gasteiger partial charge in [-0.2, -0.15) is 0 Å².